The van der Waals surface area contributed by atoms with Crippen molar-refractivity contribution in [1.29, 1.82) is 0 Å². The summed E-state index contributed by atoms with van der Waals surface area (Å²) in [6.07, 6.45) is 6.75. The van der Waals surface area contributed by atoms with E-state index in [0.29, 0.717) is 33.9 Å². The summed E-state index contributed by atoms with van der Waals surface area (Å²) in [5.74, 6) is -0.564. The van der Waals surface area contributed by atoms with Crippen LogP contribution in [-0.4, -0.2) is 36.6 Å². The van der Waals surface area contributed by atoms with Crippen molar-refractivity contribution in [3.05, 3.63) is 54.4 Å². The fourth-order valence-corrected chi connectivity index (χ4v) is 6.11. The largest absolute Gasteiger partial charge is 0.481 e. The number of imidazole rings is 1. The van der Waals surface area contributed by atoms with E-state index in [-0.39, 0.29) is 23.7 Å². The number of rotatable bonds is 5. The quantitative estimate of drug-likeness (QED) is 0.367. The molecule has 7 rings (SSSR count). The molecule has 0 aliphatic heterocycles. The number of hydrogen-bond donors (Lipinski definition) is 3. The number of aliphatic carboxylic acids is 1. The number of aromatic nitrogens is 4. The maximum Gasteiger partial charge on any atom is 0.308 e. The van der Waals surface area contributed by atoms with Crippen LogP contribution in [0, 0.1) is 29.4 Å². The molecular formula is C26H25F2N5O2. The molecule has 0 amide bonds. The molecule has 2 bridgehead atoms. The van der Waals surface area contributed by atoms with Gasteiger partial charge in [0, 0.05) is 35.8 Å². The van der Waals surface area contributed by atoms with Crippen molar-refractivity contribution in [1.82, 2.24) is 19.5 Å². The van der Waals surface area contributed by atoms with E-state index in [9.17, 15) is 18.7 Å². The molecule has 3 aromatic heterocycles. The Morgan fingerprint density at radius 2 is 1.83 bits per heavy atom. The lowest BCUT2D eigenvalue weighted by molar-refractivity contribution is -0.148. The van der Waals surface area contributed by atoms with E-state index in [4.69, 9.17) is 4.98 Å². The number of aromatic amines is 1. The highest BCUT2D eigenvalue weighted by molar-refractivity contribution is 5.93. The van der Waals surface area contributed by atoms with Crippen LogP contribution in [0.5, 0.6) is 0 Å². The van der Waals surface area contributed by atoms with E-state index in [1.807, 2.05) is 11.6 Å². The zero-order valence-corrected chi connectivity index (χ0v) is 19.1. The molecule has 0 saturated heterocycles. The zero-order valence-electron chi connectivity index (χ0n) is 19.1. The molecule has 3 saturated carbocycles. The summed E-state index contributed by atoms with van der Waals surface area (Å²) in [4.78, 5) is 24.3. The van der Waals surface area contributed by atoms with Gasteiger partial charge in [-0.15, -0.1) is 0 Å². The Bertz CT molecular complexity index is 1420. The number of H-pyrrole nitrogens is 1. The van der Waals surface area contributed by atoms with Gasteiger partial charge in [-0.2, -0.15) is 0 Å². The minimum absolute atomic E-state index is 0.148. The van der Waals surface area contributed by atoms with Gasteiger partial charge >= 0.3 is 5.97 Å². The Morgan fingerprint density at radius 3 is 2.54 bits per heavy atom. The van der Waals surface area contributed by atoms with Crippen LogP contribution in [0.15, 0.2) is 42.7 Å². The van der Waals surface area contributed by atoms with Crippen molar-refractivity contribution < 1.29 is 18.7 Å². The molecule has 3 N–H and O–H groups in total. The molecule has 3 heterocycles. The molecular weight excluding hydrogens is 452 g/mol. The third-order valence-corrected chi connectivity index (χ3v) is 7.76. The minimum Gasteiger partial charge on any atom is -0.481 e. The van der Waals surface area contributed by atoms with E-state index in [2.05, 4.69) is 15.3 Å². The molecule has 180 valence electrons. The highest BCUT2D eigenvalue weighted by Crippen LogP contribution is 2.47. The van der Waals surface area contributed by atoms with Crippen molar-refractivity contribution in [2.45, 2.75) is 31.7 Å². The average molecular weight is 478 g/mol. The number of hydrogen-bond acceptors (Lipinski definition) is 4. The van der Waals surface area contributed by atoms with Gasteiger partial charge in [0.2, 0.25) is 0 Å². The Balaban J connectivity index is 1.50. The zero-order chi connectivity index (χ0) is 24.3. The minimum atomic E-state index is -0.783. The third-order valence-electron chi connectivity index (χ3n) is 7.76. The van der Waals surface area contributed by atoms with E-state index in [1.165, 1.54) is 18.2 Å². The molecule has 1 unspecified atom stereocenters. The summed E-state index contributed by atoms with van der Waals surface area (Å²) in [6, 6.07) is 7.30. The molecule has 2 atom stereocenters. The van der Waals surface area contributed by atoms with Crippen LogP contribution in [0.25, 0.3) is 33.7 Å². The monoisotopic (exact) mass is 477 g/mol. The average Bonchev–Trinajstić information content (AvgIpc) is 3.40. The predicted octanol–water partition coefficient (Wildman–Crippen LogP) is 5.21. The van der Waals surface area contributed by atoms with Crippen LogP contribution in [0.1, 0.15) is 25.7 Å². The number of carbonyl (C=O) groups is 1. The first kappa shape index (κ1) is 21.8. The second-order valence-electron chi connectivity index (χ2n) is 9.66. The van der Waals surface area contributed by atoms with Crippen LogP contribution in [0.2, 0.25) is 0 Å². The maximum absolute atomic E-state index is 14.0. The Morgan fingerprint density at radius 1 is 1.11 bits per heavy atom. The van der Waals surface area contributed by atoms with E-state index in [1.54, 1.807) is 18.3 Å². The topological polar surface area (TPSA) is 95.8 Å². The van der Waals surface area contributed by atoms with Gasteiger partial charge in [0.25, 0.3) is 0 Å². The number of pyridine rings is 1. The molecule has 4 aromatic rings. The van der Waals surface area contributed by atoms with Gasteiger partial charge in [-0.05, 0) is 67.9 Å². The fraction of sp³-hybridized carbons (Fsp3) is 0.346. The SMILES string of the molecule is Cn1c(-c2c[nH]c3ncc(F)cc23)nc(NC2[C@H]3CC[C@H](CC3)[C@@H]2C(=O)O)c1-c1ccc(F)cc1. The normalized spacial score (nSPS) is 23.6. The van der Waals surface area contributed by atoms with Crippen LogP contribution in [0.3, 0.4) is 0 Å². The van der Waals surface area contributed by atoms with Gasteiger partial charge in [0.05, 0.1) is 17.8 Å². The number of fused-ring (bicyclic) bond motifs is 4. The maximum atomic E-state index is 14.0. The Kier molecular flexibility index (Phi) is 5.09. The summed E-state index contributed by atoms with van der Waals surface area (Å²) in [5, 5.41) is 14.1. The van der Waals surface area contributed by atoms with Crippen molar-refractivity contribution in [2.75, 3.05) is 5.32 Å². The number of carboxylic acid groups (broad SMARTS) is 1. The van der Waals surface area contributed by atoms with Crippen molar-refractivity contribution in [3.63, 3.8) is 0 Å². The van der Waals surface area contributed by atoms with Gasteiger partial charge < -0.3 is 20.0 Å². The molecule has 3 fully saturated rings. The van der Waals surface area contributed by atoms with E-state index < -0.39 is 17.7 Å². The standard InChI is InChI=1S/C26H25F2N5O2/c1-33-22(15-6-8-16(27)9-7-15)24(31-21-14-4-2-13(3-5-14)20(21)26(34)35)32-25(33)19-12-30-23-18(19)10-17(28)11-29-23/h6-14,20-21,31H,2-5H2,1H3,(H,29,30)(H,34,35)/t13-,14+,20-,21?/m0/s1. The number of nitrogens with zero attached hydrogens (tertiary/aromatic N) is 3. The Labute approximate surface area is 200 Å². The van der Waals surface area contributed by atoms with Crippen LogP contribution >= 0.6 is 0 Å². The fourth-order valence-electron chi connectivity index (χ4n) is 6.11. The lowest BCUT2D eigenvalue weighted by Gasteiger charge is -2.47. The van der Waals surface area contributed by atoms with Crippen molar-refractivity contribution >= 4 is 22.8 Å². The molecule has 3 aliphatic rings. The highest BCUT2D eigenvalue weighted by atomic mass is 19.1. The first-order valence-electron chi connectivity index (χ1n) is 11.9. The Hall–Kier alpha value is -3.75. The molecule has 1 aromatic carbocycles. The lowest BCUT2D eigenvalue weighted by Crippen LogP contribution is -2.51. The summed E-state index contributed by atoms with van der Waals surface area (Å²) >= 11 is 0. The summed E-state index contributed by atoms with van der Waals surface area (Å²) in [5.41, 5.74) is 2.67. The number of carboxylic acids is 1. The molecule has 0 radical (unpaired) electrons. The molecule has 0 spiro atoms. The van der Waals surface area contributed by atoms with Gasteiger partial charge in [-0.3, -0.25) is 4.79 Å². The summed E-state index contributed by atoms with van der Waals surface area (Å²) in [7, 11) is 1.85. The van der Waals surface area contributed by atoms with E-state index in [0.717, 1.165) is 37.4 Å². The van der Waals surface area contributed by atoms with Crippen LogP contribution < -0.4 is 5.32 Å². The first-order valence-corrected chi connectivity index (χ1v) is 11.9. The smallest absolute Gasteiger partial charge is 0.308 e. The second-order valence-corrected chi connectivity index (χ2v) is 9.66. The highest BCUT2D eigenvalue weighted by Gasteiger charge is 2.47. The van der Waals surface area contributed by atoms with Gasteiger partial charge in [0.1, 0.15) is 23.1 Å². The number of halogens is 2. The number of benzene rings is 1. The van der Waals surface area contributed by atoms with Gasteiger partial charge in [-0.1, -0.05) is 0 Å². The molecule has 7 nitrogen and oxygen atoms in total. The predicted molar refractivity (Wildman–Crippen MR) is 128 cm³/mol. The van der Waals surface area contributed by atoms with Crippen molar-refractivity contribution in [3.8, 4) is 22.6 Å². The van der Waals surface area contributed by atoms with Crippen LogP contribution in [-0.2, 0) is 11.8 Å². The number of anilines is 1. The summed E-state index contributed by atoms with van der Waals surface area (Å²) in [6.45, 7) is 0. The summed E-state index contributed by atoms with van der Waals surface area (Å²) < 4.78 is 29.6. The molecule has 9 heteroatoms. The second kappa shape index (κ2) is 8.18. The number of nitrogens with one attached hydrogen (secondary N) is 2. The van der Waals surface area contributed by atoms with Crippen molar-refractivity contribution in [2.24, 2.45) is 24.8 Å². The van der Waals surface area contributed by atoms with Crippen LogP contribution in [0.4, 0.5) is 14.6 Å². The van der Waals surface area contributed by atoms with Gasteiger partial charge in [0.15, 0.2) is 5.82 Å². The molecule has 3 aliphatic carbocycles. The van der Waals surface area contributed by atoms with E-state index >= 15 is 0 Å². The third kappa shape index (κ3) is 3.57. The lowest BCUT2D eigenvalue weighted by atomic mass is 9.61. The van der Waals surface area contributed by atoms with Gasteiger partial charge in [-0.25, -0.2) is 18.7 Å². The molecule has 35 heavy (non-hydrogen) atoms. The first-order chi connectivity index (χ1) is 16.9.